The van der Waals surface area contributed by atoms with Crippen LogP contribution in [0.4, 0.5) is 0 Å². The molecule has 4 rings (SSSR count). The van der Waals surface area contributed by atoms with E-state index in [-0.39, 0.29) is 0 Å². The van der Waals surface area contributed by atoms with Gasteiger partial charge in [0.1, 0.15) is 10.6 Å². The van der Waals surface area contributed by atoms with Crippen LogP contribution in [0.25, 0.3) is 10.7 Å². The molecule has 2 aromatic heterocycles. The minimum absolute atomic E-state index is 0.542. The van der Waals surface area contributed by atoms with E-state index in [1.807, 2.05) is 41.8 Å². The highest BCUT2D eigenvalue weighted by Crippen LogP contribution is 2.36. The minimum Gasteiger partial charge on any atom is -0.384 e. The van der Waals surface area contributed by atoms with Gasteiger partial charge in [0.15, 0.2) is 0 Å². The van der Waals surface area contributed by atoms with Crippen LogP contribution in [-0.2, 0) is 18.6 Å². The second kappa shape index (κ2) is 6.43. The van der Waals surface area contributed by atoms with E-state index in [1.54, 1.807) is 17.5 Å². The highest BCUT2D eigenvalue weighted by Gasteiger charge is 2.35. The summed E-state index contributed by atoms with van der Waals surface area (Å²) in [4.78, 5) is 8.95. The molecule has 0 aliphatic heterocycles. The lowest BCUT2D eigenvalue weighted by Gasteiger charge is -2.24. The van der Waals surface area contributed by atoms with Gasteiger partial charge in [0.05, 0.1) is 11.4 Å². The molecule has 1 aliphatic rings. The quantitative estimate of drug-likeness (QED) is 0.751. The number of fused-ring (bicyclic) bond motifs is 1. The largest absolute Gasteiger partial charge is 0.384 e. The Morgan fingerprint density at radius 1 is 1.17 bits per heavy atom. The van der Waals surface area contributed by atoms with Gasteiger partial charge in [-0.3, -0.25) is 4.98 Å². The van der Waals surface area contributed by atoms with Gasteiger partial charge in [-0.15, -0.1) is 11.3 Å². The maximum atomic E-state index is 10.9. The first-order chi connectivity index (χ1) is 11.7. The zero-order valence-electron chi connectivity index (χ0n) is 13.3. The van der Waals surface area contributed by atoms with Crippen LogP contribution in [0.5, 0.6) is 0 Å². The molecular formula is C19H19N3OS. The normalized spacial score (nSPS) is 19.4. The fourth-order valence-corrected chi connectivity index (χ4v) is 4.04. The maximum Gasteiger partial charge on any atom is 0.142 e. The van der Waals surface area contributed by atoms with Crippen LogP contribution in [0.3, 0.4) is 0 Å². The molecule has 24 heavy (non-hydrogen) atoms. The Morgan fingerprint density at radius 3 is 2.92 bits per heavy atom. The van der Waals surface area contributed by atoms with E-state index in [4.69, 9.17) is 0 Å². The number of aryl methyl sites for hydroxylation is 1. The number of nitrogens with zero attached hydrogens (tertiary/aromatic N) is 2. The first-order valence-electron chi connectivity index (χ1n) is 8.12. The third kappa shape index (κ3) is 2.98. The molecule has 0 amide bonds. The summed E-state index contributed by atoms with van der Waals surface area (Å²) in [7, 11) is 0. The van der Waals surface area contributed by atoms with Crippen LogP contribution >= 0.6 is 11.3 Å². The molecule has 0 fully saturated rings. The van der Waals surface area contributed by atoms with E-state index in [1.165, 1.54) is 5.56 Å². The van der Waals surface area contributed by atoms with Crippen LogP contribution < -0.4 is 5.32 Å². The molecule has 0 radical (unpaired) electrons. The van der Waals surface area contributed by atoms with Crippen LogP contribution in [-0.4, -0.2) is 21.6 Å². The van der Waals surface area contributed by atoms with Crippen LogP contribution in [0.2, 0.25) is 0 Å². The Labute approximate surface area is 145 Å². The Morgan fingerprint density at radius 2 is 2.04 bits per heavy atom. The van der Waals surface area contributed by atoms with Crippen molar-refractivity contribution < 1.29 is 5.11 Å². The van der Waals surface area contributed by atoms with Crippen molar-refractivity contribution in [2.75, 3.05) is 6.54 Å². The highest BCUT2D eigenvalue weighted by atomic mass is 32.1. The van der Waals surface area contributed by atoms with E-state index in [0.717, 1.165) is 34.8 Å². The van der Waals surface area contributed by atoms with Crippen molar-refractivity contribution >= 4 is 11.3 Å². The summed E-state index contributed by atoms with van der Waals surface area (Å²) in [5.74, 6) is 0. The monoisotopic (exact) mass is 337 g/mol. The fourth-order valence-electron chi connectivity index (χ4n) is 3.24. The zero-order chi connectivity index (χ0) is 16.4. The number of benzene rings is 1. The van der Waals surface area contributed by atoms with E-state index in [9.17, 15) is 5.11 Å². The molecule has 1 aliphatic carbocycles. The summed E-state index contributed by atoms with van der Waals surface area (Å²) < 4.78 is 0. The van der Waals surface area contributed by atoms with Crippen molar-refractivity contribution in [1.29, 1.82) is 0 Å². The average Bonchev–Trinajstić information content (AvgIpc) is 3.22. The molecule has 1 unspecified atom stereocenters. The smallest absolute Gasteiger partial charge is 0.142 e. The second-order valence-corrected chi connectivity index (χ2v) is 7.01. The standard InChI is InChI=1S/C19H19N3OS/c23-19(9-8-14-5-1-2-6-16(14)19)13-20-11-15-12-24-18(22-15)17-7-3-4-10-21-17/h1-7,10,12,20,23H,8-9,11,13H2. The predicted octanol–water partition coefficient (Wildman–Crippen LogP) is 3.13. The number of thiazole rings is 1. The summed E-state index contributed by atoms with van der Waals surface area (Å²) in [5, 5.41) is 17.3. The summed E-state index contributed by atoms with van der Waals surface area (Å²) >= 11 is 1.60. The molecule has 0 spiro atoms. The highest BCUT2D eigenvalue weighted by molar-refractivity contribution is 7.13. The van der Waals surface area contributed by atoms with Gasteiger partial charge in [-0.05, 0) is 36.1 Å². The molecule has 0 saturated heterocycles. The molecule has 5 heteroatoms. The van der Waals surface area contributed by atoms with Gasteiger partial charge in [0.25, 0.3) is 0 Å². The Hall–Kier alpha value is -2.08. The molecule has 1 aromatic carbocycles. The Kier molecular flexibility index (Phi) is 4.14. The molecule has 0 bridgehead atoms. The van der Waals surface area contributed by atoms with E-state index in [0.29, 0.717) is 13.1 Å². The number of aliphatic hydroxyl groups is 1. The topological polar surface area (TPSA) is 58.0 Å². The fraction of sp³-hybridized carbons (Fsp3) is 0.263. The number of rotatable bonds is 5. The van der Waals surface area contributed by atoms with Crippen molar-refractivity contribution in [3.63, 3.8) is 0 Å². The van der Waals surface area contributed by atoms with Crippen molar-refractivity contribution in [3.05, 3.63) is 70.9 Å². The maximum absolute atomic E-state index is 10.9. The lowest BCUT2D eigenvalue weighted by atomic mass is 9.96. The average molecular weight is 337 g/mol. The summed E-state index contributed by atoms with van der Waals surface area (Å²) in [6.45, 7) is 1.19. The predicted molar refractivity (Wildman–Crippen MR) is 95.7 cm³/mol. The lowest BCUT2D eigenvalue weighted by molar-refractivity contribution is 0.0384. The van der Waals surface area contributed by atoms with Gasteiger partial charge >= 0.3 is 0 Å². The first kappa shape index (κ1) is 15.4. The van der Waals surface area contributed by atoms with Gasteiger partial charge in [-0.25, -0.2) is 4.98 Å². The molecule has 4 nitrogen and oxygen atoms in total. The third-order valence-electron chi connectivity index (χ3n) is 4.49. The van der Waals surface area contributed by atoms with Crippen LogP contribution in [0, 0.1) is 0 Å². The molecule has 0 saturated carbocycles. The minimum atomic E-state index is -0.767. The van der Waals surface area contributed by atoms with E-state index >= 15 is 0 Å². The number of nitrogens with one attached hydrogen (secondary N) is 1. The SMILES string of the molecule is OC1(CNCc2csc(-c3ccccn3)n2)CCc2ccccc21. The number of aromatic nitrogens is 2. The molecule has 3 aromatic rings. The first-order valence-corrected chi connectivity index (χ1v) is 9.00. The van der Waals surface area contributed by atoms with Gasteiger partial charge < -0.3 is 10.4 Å². The van der Waals surface area contributed by atoms with Gasteiger partial charge in [0, 0.05) is 24.7 Å². The number of hydrogen-bond acceptors (Lipinski definition) is 5. The molecule has 2 N–H and O–H groups in total. The molecule has 122 valence electrons. The number of pyridine rings is 1. The number of hydrogen-bond donors (Lipinski definition) is 2. The lowest BCUT2D eigenvalue weighted by Crippen LogP contribution is -2.36. The van der Waals surface area contributed by atoms with E-state index in [2.05, 4.69) is 21.4 Å². The van der Waals surface area contributed by atoms with Crippen molar-refractivity contribution in [1.82, 2.24) is 15.3 Å². The second-order valence-electron chi connectivity index (χ2n) is 6.15. The molecule has 1 atom stereocenters. The summed E-state index contributed by atoms with van der Waals surface area (Å²) in [5.41, 5.74) is 3.43. The van der Waals surface area contributed by atoms with Gasteiger partial charge in [-0.2, -0.15) is 0 Å². The van der Waals surface area contributed by atoms with Crippen molar-refractivity contribution in [3.8, 4) is 10.7 Å². The Balaban J connectivity index is 1.39. The third-order valence-corrected chi connectivity index (χ3v) is 5.40. The molecular weight excluding hydrogens is 318 g/mol. The molecule has 2 heterocycles. The van der Waals surface area contributed by atoms with Crippen LogP contribution in [0.15, 0.2) is 54.0 Å². The van der Waals surface area contributed by atoms with E-state index < -0.39 is 5.60 Å². The summed E-state index contributed by atoms with van der Waals surface area (Å²) in [6, 6.07) is 14.0. The zero-order valence-corrected chi connectivity index (χ0v) is 14.1. The van der Waals surface area contributed by atoms with Gasteiger partial charge in [0.2, 0.25) is 0 Å². The van der Waals surface area contributed by atoms with Crippen molar-refractivity contribution in [2.24, 2.45) is 0 Å². The van der Waals surface area contributed by atoms with Crippen LogP contribution in [0.1, 0.15) is 23.2 Å². The van der Waals surface area contributed by atoms with Crippen molar-refractivity contribution in [2.45, 2.75) is 25.0 Å². The van der Waals surface area contributed by atoms with Gasteiger partial charge in [-0.1, -0.05) is 30.3 Å². The summed E-state index contributed by atoms with van der Waals surface area (Å²) in [6.07, 6.45) is 3.49. The Bertz CT molecular complexity index is 833.